The van der Waals surface area contributed by atoms with Crippen molar-refractivity contribution in [2.75, 3.05) is 11.4 Å². The number of hydrogen-bond acceptors (Lipinski definition) is 5. The number of benzene rings is 2. The fraction of sp³-hybridized carbons (Fsp3) is 0.321. The number of carbonyl (C=O) groups is 2. The lowest BCUT2D eigenvalue weighted by Crippen LogP contribution is -2.28. The molecule has 2 aromatic rings. The first kappa shape index (κ1) is 28.0. The molecule has 0 bridgehead atoms. The molecule has 0 fully saturated rings. The monoisotopic (exact) mass is 524 g/mol. The zero-order valence-corrected chi connectivity index (χ0v) is 22.1. The molecule has 0 saturated carbocycles. The first-order valence-electron chi connectivity index (χ1n) is 12.1. The number of amides is 1. The predicted octanol–water partition coefficient (Wildman–Crippen LogP) is 4.73. The summed E-state index contributed by atoms with van der Waals surface area (Å²) in [5, 5.41) is 8.89. The van der Waals surface area contributed by atoms with Gasteiger partial charge in [0.1, 0.15) is 16.7 Å². The molecule has 8 nitrogen and oxygen atoms in total. The van der Waals surface area contributed by atoms with E-state index in [9.17, 15) is 22.6 Å². The van der Waals surface area contributed by atoms with Crippen LogP contribution in [0.1, 0.15) is 52.0 Å². The Kier molecular flexibility index (Phi) is 8.83. The van der Waals surface area contributed by atoms with E-state index in [1.807, 2.05) is 56.3 Å². The summed E-state index contributed by atoms with van der Waals surface area (Å²) in [4.78, 5) is 24.2. The molecule has 0 aliphatic carbocycles. The molecular weight excluding hydrogens is 492 g/mol. The normalized spacial score (nSPS) is 14.9. The van der Waals surface area contributed by atoms with Gasteiger partial charge in [-0.05, 0) is 57.0 Å². The lowest BCUT2D eigenvalue weighted by atomic mass is 9.81. The first-order chi connectivity index (χ1) is 17.4. The summed E-state index contributed by atoms with van der Waals surface area (Å²) in [6.07, 6.45) is 9.34. The smallest absolute Gasteiger partial charge is 0.303 e. The van der Waals surface area contributed by atoms with Crippen molar-refractivity contribution in [2.24, 2.45) is 0 Å². The van der Waals surface area contributed by atoms with Crippen molar-refractivity contribution in [1.29, 1.82) is 0 Å². The predicted molar refractivity (Wildman–Crippen MR) is 141 cm³/mol. The quantitative estimate of drug-likeness (QED) is 0.196. The number of carboxylic acid groups (broad SMARTS) is 1. The second-order valence-electron chi connectivity index (χ2n) is 9.42. The number of fused-ring (bicyclic) bond motifs is 1. The van der Waals surface area contributed by atoms with E-state index in [1.54, 1.807) is 18.3 Å². The van der Waals surface area contributed by atoms with Gasteiger partial charge < -0.3 is 9.66 Å². The van der Waals surface area contributed by atoms with Crippen molar-refractivity contribution < 1.29 is 32.2 Å². The standard InChI is InChI=1S/C28H32N2O6S/c1-21(31)29(22-12-6-4-7-13-22)18-11-9-14-26-28(2,3)24-20-23(37(34,35)36)16-17-25(24)30(26)19-10-5-8-15-27(32)33/h4,6-7,9,11-14,16-18,20H,5,8,10,15,19H2,1-3H3,(H-,32,33,34,35,36). The Hall–Kier alpha value is -3.56. The molecule has 1 amide bonds. The fourth-order valence-corrected chi connectivity index (χ4v) is 5.01. The number of carboxylic acids is 1. The fourth-order valence-electron chi connectivity index (χ4n) is 4.52. The highest BCUT2D eigenvalue weighted by Gasteiger charge is 2.44. The van der Waals surface area contributed by atoms with E-state index < -0.39 is 21.5 Å². The molecule has 0 atom stereocenters. The van der Waals surface area contributed by atoms with Crippen LogP contribution in [0.3, 0.4) is 0 Å². The van der Waals surface area contributed by atoms with E-state index in [-0.39, 0.29) is 17.2 Å². The van der Waals surface area contributed by atoms with Crippen molar-refractivity contribution in [3.8, 4) is 0 Å². The average molecular weight is 525 g/mol. The van der Waals surface area contributed by atoms with E-state index in [2.05, 4.69) is 4.58 Å². The first-order valence-corrected chi connectivity index (χ1v) is 13.5. The van der Waals surface area contributed by atoms with Gasteiger partial charge in [0.25, 0.3) is 0 Å². The van der Waals surface area contributed by atoms with Crippen LogP contribution < -0.4 is 4.90 Å². The summed E-state index contributed by atoms with van der Waals surface area (Å²) in [7, 11) is -4.61. The van der Waals surface area contributed by atoms with Crippen LogP contribution >= 0.6 is 0 Å². The van der Waals surface area contributed by atoms with Crippen LogP contribution in [0.4, 0.5) is 11.4 Å². The molecule has 37 heavy (non-hydrogen) atoms. The van der Waals surface area contributed by atoms with E-state index in [1.165, 1.54) is 24.0 Å². The van der Waals surface area contributed by atoms with E-state index >= 15 is 0 Å². The van der Waals surface area contributed by atoms with Gasteiger partial charge in [0.05, 0.1) is 10.3 Å². The number of hydrogen-bond donors (Lipinski definition) is 1. The highest BCUT2D eigenvalue weighted by atomic mass is 32.2. The Bertz CT molecular complexity index is 1360. The summed E-state index contributed by atoms with van der Waals surface area (Å²) in [6, 6.07) is 13.7. The van der Waals surface area contributed by atoms with Crippen LogP contribution in [-0.2, 0) is 25.1 Å². The minimum atomic E-state index is -4.61. The van der Waals surface area contributed by atoms with E-state index in [0.717, 1.165) is 35.5 Å². The second-order valence-corrected chi connectivity index (χ2v) is 10.8. The number of aliphatic carboxylic acids is 1. The van der Waals surface area contributed by atoms with Gasteiger partial charge in [-0.2, -0.15) is 4.58 Å². The number of rotatable bonds is 11. The zero-order chi connectivity index (χ0) is 27.2. The van der Waals surface area contributed by atoms with Crippen LogP contribution in [0.25, 0.3) is 0 Å². The number of para-hydroxylation sites is 1. The van der Waals surface area contributed by atoms with Crippen LogP contribution in [-0.4, -0.2) is 46.8 Å². The summed E-state index contributed by atoms with van der Waals surface area (Å²) in [6.45, 7) is 6.02. The lowest BCUT2D eigenvalue weighted by Gasteiger charge is -2.17. The topological polar surface area (TPSA) is 118 Å². The number of nitrogens with zero attached hydrogens (tertiary/aromatic N) is 2. The third kappa shape index (κ3) is 6.81. The molecule has 0 radical (unpaired) electrons. The van der Waals surface area contributed by atoms with Gasteiger partial charge in [0.2, 0.25) is 11.6 Å². The van der Waals surface area contributed by atoms with Crippen molar-refractivity contribution in [3.05, 3.63) is 78.5 Å². The van der Waals surface area contributed by atoms with Crippen LogP contribution in [0, 0.1) is 0 Å². The van der Waals surface area contributed by atoms with Gasteiger partial charge in [-0.1, -0.05) is 24.3 Å². The Morgan fingerprint density at radius 3 is 2.38 bits per heavy atom. The van der Waals surface area contributed by atoms with Crippen LogP contribution in [0.2, 0.25) is 0 Å². The second kappa shape index (κ2) is 11.7. The summed E-state index contributed by atoms with van der Waals surface area (Å²) >= 11 is 0. The van der Waals surface area contributed by atoms with Gasteiger partial charge in [-0.15, -0.1) is 0 Å². The highest BCUT2D eigenvalue weighted by molar-refractivity contribution is 7.85. The molecule has 1 aliphatic rings. The summed E-state index contributed by atoms with van der Waals surface area (Å²) < 4.78 is 37.1. The molecule has 0 spiro atoms. The van der Waals surface area contributed by atoms with Crippen LogP contribution in [0.5, 0.6) is 0 Å². The minimum Gasteiger partial charge on any atom is -0.744 e. The average Bonchev–Trinajstić information content (AvgIpc) is 3.04. The molecule has 1 heterocycles. The van der Waals surface area contributed by atoms with E-state index in [0.29, 0.717) is 13.0 Å². The lowest BCUT2D eigenvalue weighted by molar-refractivity contribution is -0.438. The van der Waals surface area contributed by atoms with Gasteiger partial charge in [-0.25, -0.2) is 8.42 Å². The van der Waals surface area contributed by atoms with Crippen molar-refractivity contribution in [3.63, 3.8) is 0 Å². The number of allylic oxidation sites excluding steroid dienone is 3. The Morgan fingerprint density at radius 2 is 1.76 bits per heavy atom. The number of carbonyl (C=O) groups excluding carboxylic acids is 1. The molecule has 3 rings (SSSR count). The molecule has 9 heteroatoms. The maximum absolute atomic E-state index is 12.2. The van der Waals surface area contributed by atoms with Gasteiger partial charge >= 0.3 is 5.97 Å². The molecule has 1 aliphatic heterocycles. The maximum Gasteiger partial charge on any atom is 0.303 e. The third-order valence-electron chi connectivity index (χ3n) is 6.40. The van der Waals surface area contributed by atoms with E-state index in [4.69, 9.17) is 5.11 Å². The minimum absolute atomic E-state index is 0.113. The summed E-state index contributed by atoms with van der Waals surface area (Å²) in [5.74, 6) is -0.956. The van der Waals surface area contributed by atoms with Crippen molar-refractivity contribution in [1.82, 2.24) is 0 Å². The molecular formula is C28H32N2O6S. The third-order valence-corrected chi connectivity index (χ3v) is 7.23. The zero-order valence-electron chi connectivity index (χ0n) is 21.3. The number of anilines is 1. The van der Waals surface area contributed by atoms with Gasteiger partial charge in [-0.3, -0.25) is 14.5 Å². The molecule has 0 saturated heterocycles. The largest absolute Gasteiger partial charge is 0.744 e. The van der Waals surface area contributed by atoms with Crippen molar-refractivity contribution in [2.45, 2.75) is 56.8 Å². The van der Waals surface area contributed by atoms with Crippen molar-refractivity contribution >= 4 is 39.1 Å². The molecule has 0 unspecified atom stereocenters. The van der Waals surface area contributed by atoms with Crippen LogP contribution in [0.15, 0.2) is 77.9 Å². The Labute approximate surface area is 218 Å². The Morgan fingerprint density at radius 1 is 1.05 bits per heavy atom. The van der Waals surface area contributed by atoms with Gasteiger partial charge in [0, 0.05) is 49.4 Å². The molecule has 2 aromatic carbocycles. The Balaban J connectivity index is 1.93. The number of unbranched alkanes of at least 4 members (excludes halogenated alkanes) is 2. The maximum atomic E-state index is 12.2. The van der Waals surface area contributed by atoms with Gasteiger partial charge in [0.15, 0.2) is 5.71 Å². The SMILES string of the molecule is CC(=O)N(C=CC=CC1=[N+](CCCCCC(=O)O)c2ccc(S(=O)(=O)[O-])cc2C1(C)C)c1ccccc1. The molecule has 0 aromatic heterocycles. The highest BCUT2D eigenvalue weighted by Crippen LogP contribution is 2.41. The molecule has 1 N–H and O–H groups in total. The molecule has 196 valence electrons. The summed E-state index contributed by atoms with van der Waals surface area (Å²) in [5.41, 5.74) is 2.60.